The van der Waals surface area contributed by atoms with Crippen LogP contribution in [0.4, 0.5) is 0 Å². The van der Waals surface area contributed by atoms with E-state index in [4.69, 9.17) is 0 Å². The second-order valence-corrected chi connectivity index (χ2v) is 6.11. The number of rotatable bonds is 5. The van der Waals surface area contributed by atoms with E-state index in [9.17, 15) is 4.79 Å². The van der Waals surface area contributed by atoms with Crippen LogP contribution in [-0.4, -0.2) is 44.1 Å². The van der Waals surface area contributed by atoms with E-state index in [1.54, 1.807) is 4.90 Å². The van der Waals surface area contributed by atoms with E-state index >= 15 is 0 Å². The first-order valence-corrected chi connectivity index (χ1v) is 7.97. The average Bonchev–Trinajstić information content (AvgIpc) is 3.15. The van der Waals surface area contributed by atoms with Gasteiger partial charge in [0.25, 0.3) is 5.91 Å². The number of carbonyl (C=O) groups is 1. The first kappa shape index (κ1) is 14.8. The summed E-state index contributed by atoms with van der Waals surface area (Å²) in [6, 6.07) is 1.87. The van der Waals surface area contributed by atoms with Crippen LogP contribution in [0, 0.1) is 5.92 Å². The van der Waals surface area contributed by atoms with Crippen molar-refractivity contribution >= 4 is 5.91 Å². The SMILES string of the molecule is CCCc1cc(C(=O)N(C)C[C@H]2CCc3nccn3C2)n[nH]1. The van der Waals surface area contributed by atoms with Gasteiger partial charge in [-0.05, 0) is 24.8 Å². The van der Waals surface area contributed by atoms with Crippen LogP contribution in [0.3, 0.4) is 0 Å². The Morgan fingerprint density at radius 2 is 2.41 bits per heavy atom. The molecule has 0 aliphatic carbocycles. The standard InChI is InChI=1S/C16H23N5O/c1-3-4-13-9-14(19-18-13)16(22)20(2)10-12-5-6-15-17-7-8-21(15)11-12/h7-9,12H,3-6,10-11H2,1-2H3,(H,18,19)/t12-/m1/s1. The maximum atomic E-state index is 12.5. The van der Waals surface area contributed by atoms with Gasteiger partial charge in [0.1, 0.15) is 11.5 Å². The van der Waals surface area contributed by atoms with Gasteiger partial charge in [0, 0.05) is 44.6 Å². The van der Waals surface area contributed by atoms with Crippen molar-refractivity contribution in [3.8, 4) is 0 Å². The van der Waals surface area contributed by atoms with Gasteiger partial charge in [0.05, 0.1) is 0 Å². The molecule has 0 bridgehead atoms. The van der Waals surface area contributed by atoms with Gasteiger partial charge >= 0.3 is 0 Å². The molecule has 1 aliphatic heterocycles. The van der Waals surface area contributed by atoms with E-state index < -0.39 is 0 Å². The van der Waals surface area contributed by atoms with Gasteiger partial charge in [0.15, 0.2) is 0 Å². The van der Waals surface area contributed by atoms with Gasteiger partial charge in [-0.1, -0.05) is 13.3 Å². The van der Waals surface area contributed by atoms with Gasteiger partial charge in [0.2, 0.25) is 0 Å². The highest BCUT2D eigenvalue weighted by molar-refractivity contribution is 5.92. The lowest BCUT2D eigenvalue weighted by Gasteiger charge is -2.27. The minimum absolute atomic E-state index is 0.00460. The molecule has 6 nitrogen and oxygen atoms in total. The van der Waals surface area contributed by atoms with Gasteiger partial charge in [-0.2, -0.15) is 5.10 Å². The Labute approximate surface area is 130 Å². The number of aromatic nitrogens is 4. The number of aryl methyl sites for hydroxylation is 2. The summed E-state index contributed by atoms with van der Waals surface area (Å²) >= 11 is 0. The zero-order valence-corrected chi connectivity index (χ0v) is 13.2. The monoisotopic (exact) mass is 301 g/mol. The summed E-state index contributed by atoms with van der Waals surface area (Å²) < 4.78 is 2.19. The Morgan fingerprint density at radius 1 is 1.55 bits per heavy atom. The molecule has 0 unspecified atom stereocenters. The fraction of sp³-hybridized carbons (Fsp3) is 0.562. The third-order valence-corrected chi connectivity index (χ3v) is 4.28. The summed E-state index contributed by atoms with van der Waals surface area (Å²) in [6.07, 6.45) is 7.91. The lowest BCUT2D eigenvalue weighted by atomic mass is 9.99. The van der Waals surface area contributed by atoms with Crippen molar-refractivity contribution in [3.05, 3.63) is 35.7 Å². The molecule has 1 atom stereocenters. The summed E-state index contributed by atoms with van der Waals surface area (Å²) in [5.41, 5.74) is 1.55. The predicted molar refractivity (Wildman–Crippen MR) is 83.6 cm³/mol. The molecule has 1 amide bonds. The minimum atomic E-state index is -0.00460. The van der Waals surface area contributed by atoms with Crippen LogP contribution in [0.15, 0.2) is 18.5 Å². The molecule has 0 fully saturated rings. The highest BCUT2D eigenvalue weighted by atomic mass is 16.2. The first-order chi connectivity index (χ1) is 10.7. The largest absolute Gasteiger partial charge is 0.340 e. The topological polar surface area (TPSA) is 66.8 Å². The van der Waals surface area contributed by atoms with Crippen LogP contribution >= 0.6 is 0 Å². The zero-order valence-electron chi connectivity index (χ0n) is 13.2. The van der Waals surface area contributed by atoms with E-state index in [1.165, 1.54) is 0 Å². The van der Waals surface area contributed by atoms with E-state index in [2.05, 4.69) is 26.7 Å². The van der Waals surface area contributed by atoms with Gasteiger partial charge in [-0.3, -0.25) is 9.89 Å². The van der Waals surface area contributed by atoms with E-state index in [1.807, 2.05) is 25.5 Å². The summed E-state index contributed by atoms with van der Waals surface area (Å²) in [7, 11) is 1.86. The number of nitrogens with zero attached hydrogens (tertiary/aromatic N) is 4. The molecule has 2 aromatic heterocycles. The zero-order chi connectivity index (χ0) is 15.5. The summed E-state index contributed by atoms with van der Waals surface area (Å²) in [6.45, 7) is 3.81. The minimum Gasteiger partial charge on any atom is -0.340 e. The number of nitrogens with one attached hydrogen (secondary N) is 1. The molecule has 22 heavy (non-hydrogen) atoms. The lowest BCUT2D eigenvalue weighted by Crippen LogP contribution is -2.35. The molecule has 0 saturated carbocycles. The molecule has 118 valence electrons. The number of hydrogen-bond donors (Lipinski definition) is 1. The summed E-state index contributed by atoms with van der Waals surface area (Å²) in [4.78, 5) is 18.6. The van der Waals surface area contributed by atoms with Crippen LogP contribution in [-0.2, 0) is 19.4 Å². The van der Waals surface area contributed by atoms with Crippen molar-refractivity contribution in [2.75, 3.05) is 13.6 Å². The lowest BCUT2D eigenvalue weighted by molar-refractivity contribution is 0.0754. The molecule has 0 radical (unpaired) electrons. The summed E-state index contributed by atoms with van der Waals surface area (Å²) in [5, 5.41) is 7.09. The molecule has 0 saturated heterocycles. The highest BCUT2D eigenvalue weighted by Gasteiger charge is 2.23. The Morgan fingerprint density at radius 3 is 3.23 bits per heavy atom. The number of fused-ring (bicyclic) bond motifs is 1. The molecule has 0 aromatic carbocycles. The fourth-order valence-corrected chi connectivity index (χ4v) is 3.12. The van der Waals surface area contributed by atoms with Crippen molar-refractivity contribution in [1.82, 2.24) is 24.6 Å². The smallest absolute Gasteiger partial charge is 0.274 e. The van der Waals surface area contributed by atoms with Crippen LogP contribution in [0.1, 0.15) is 41.8 Å². The van der Waals surface area contributed by atoms with E-state index in [0.29, 0.717) is 11.6 Å². The molecule has 6 heteroatoms. The highest BCUT2D eigenvalue weighted by Crippen LogP contribution is 2.20. The van der Waals surface area contributed by atoms with Crippen molar-refractivity contribution in [1.29, 1.82) is 0 Å². The molecule has 3 rings (SSSR count). The van der Waals surface area contributed by atoms with Gasteiger partial charge in [-0.25, -0.2) is 4.98 Å². The van der Waals surface area contributed by atoms with E-state index in [-0.39, 0.29) is 5.91 Å². The Balaban J connectivity index is 1.59. The quantitative estimate of drug-likeness (QED) is 0.917. The molecular weight excluding hydrogens is 278 g/mol. The molecule has 0 spiro atoms. The van der Waals surface area contributed by atoms with Crippen LogP contribution in [0.25, 0.3) is 0 Å². The van der Waals surface area contributed by atoms with Gasteiger partial charge < -0.3 is 9.47 Å². The van der Waals surface area contributed by atoms with Gasteiger partial charge in [-0.15, -0.1) is 0 Å². The second-order valence-electron chi connectivity index (χ2n) is 6.11. The Bertz CT molecular complexity index is 645. The van der Waals surface area contributed by atoms with Crippen LogP contribution in [0.2, 0.25) is 0 Å². The molecule has 2 aromatic rings. The molecule has 3 heterocycles. The first-order valence-electron chi connectivity index (χ1n) is 7.97. The fourth-order valence-electron chi connectivity index (χ4n) is 3.12. The normalized spacial score (nSPS) is 17.3. The van der Waals surface area contributed by atoms with Crippen LogP contribution in [0.5, 0.6) is 0 Å². The van der Waals surface area contributed by atoms with Crippen molar-refractivity contribution < 1.29 is 4.79 Å². The maximum absolute atomic E-state index is 12.5. The van der Waals surface area contributed by atoms with Crippen LogP contribution < -0.4 is 0 Å². The van der Waals surface area contributed by atoms with Crippen molar-refractivity contribution in [2.45, 2.75) is 39.2 Å². The number of H-pyrrole nitrogens is 1. The Hall–Kier alpha value is -2.11. The molecule has 1 N–H and O–H groups in total. The third kappa shape index (κ3) is 3.05. The Kier molecular flexibility index (Phi) is 4.27. The number of hydrogen-bond acceptors (Lipinski definition) is 3. The molecular formula is C16H23N5O. The number of aromatic amines is 1. The number of imidazole rings is 1. The van der Waals surface area contributed by atoms with Crippen molar-refractivity contribution in [2.24, 2.45) is 5.92 Å². The second kappa shape index (κ2) is 6.34. The number of carbonyl (C=O) groups excluding carboxylic acids is 1. The van der Waals surface area contributed by atoms with E-state index in [0.717, 1.165) is 50.3 Å². The average molecular weight is 301 g/mol. The predicted octanol–water partition coefficient (Wildman–Crippen LogP) is 1.89. The maximum Gasteiger partial charge on any atom is 0.274 e. The summed E-state index contributed by atoms with van der Waals surface area (Å²) in [5.74, 6) is 1.63. The van der Waals surface area contributed by atoms with Crippen molar-refractivity contribution in [3.63, 3.8) is 0 Å². The number of amides is 1. The third-order valence-electron chi connectivity index (χ3n) is 4.28. The molecule has 1 aliphatic rings.